The number of benzene rings is 1. The second-order valence-electron chi connectivity index (χ2n) is 9.70. The summed E-state index contributed by atoms with van der Waals surface area (Å²) in [5.41, 5.74) is 0.652. The van der Waals surface area contributed by atoms with Crippen molar-refractivity contribution in [3.63, 3.8) is 0 Å². The van der Waals surface area contributed by atoms with E-state index in [2.05, 4.69) is 40.4 Å². The SMILES string of the molecule is CN1C/C(=C\c2cccs2)C(=O)[C@@]2(C1)[C@H](c1cccs1)CN(C)[C@]21C(=O)N(C)c2ccccc21. The van der Waals surface area contributed by atoms with Crippen LogP contribution >= 0.6 is 22.7 Å². The van der Waals surface area contributed by atoms with Crippen molar-refractivity contribution >= 4 is 46.1 Å². The molecule has 3 atom stereocenters. The molecule has 2 spiro atoms. The molecule has 6 rings (SSSR count). The van der Waals surface area contributed by atoms with Gasteiger partial charge in [-0.25, -0.2) is 0 Å². The first kappa shape index (κ1) is 21.9. The van der Waals surface area contributed by atoms with Crippen molar-refractivity contribution in [1.82, 2.24) is 9.80 Å². The lowest BCUT2D eigenvalue weighted by Gasteiger charge is -2.50. The number of hydrogen-bond donors (Lipinski definition) is 0. The topological polar surface area (TPSA) is 43.9 Å². The molecule has 0 N–H and O–H groups in total. The Hall–Kier alpha value is -2.58. The average Bonchev–Trinajstić information content (AvgIpc) is 3.60. The quantitative estimate of drug-likeness (QED) is 0.504. The normalized spacial score (nSPS) is 30.9. The van der Waals surface area contributed by atoms with Crippen molar-refractivity contribution in [1.29, 1.82) is 0 Å². The van der Waals surface area contributed by atoms with Crippen molar-refractivity contribution in [2.75, 3.05) is 45.7 Å². The number of fused-ring (bicyclic) bond motifs is 3. The van der Waals surface area contributed by atoms with Crippen LogP contribution in [0.2, 0.25) is 0 Å². The number of nitrogens with zero attached hydrogens (tertiary/aromatic N) is 3. The van der Waals surface area contributed by atoms with E-state index in [0.717, 1.165) is 21.7 Å². The summed E-state index contributed by atoms with van der Waals surface area (Å²) in [6.07, 6.45) is 2.04. The second kappa shape index (κ2) is 7.71. The lowest BCUT2D eigenvalue weighted by molar-refractivity contribution is -0.147. The van der Waals surface area contributed by atoms with Gasteiger partial charge in [0, 0.05) is 59.2 Å². The zero-order valence-electron chi connectivity index (χ0n) is 19.5. The molecule has 3 aliphatic heterocycles. The number of thiophene rings is 2. The Morgan fingerprint density at radius 1 is 0.971 bits per heavy atom. The lowest BCUT2D eigenvalue weighted by atomic mass is 9.57. The number of ketones is 1. The van der Waals surface area contributed by atoms with E-state index in [1.807, 2.05) is 55.9 Å². The van der Waals surface area contributed by atoms with Gasteiger partial charge in [0.05, 0.1) is 5.41 Å². The summed E-state index contributed by atoms with van der Waals surface area (Å²) in [5, 5.41) is 4.11. The molecule has 1 amide bonds. The molecule has 0 bridgehead atoms. The van der Waals surface area contributed by atoms with Crippen LogP contribution in [0.15, 0.2) is 64.9 Å². The Morgan fingerprint density at radius 2 is 1.74 bits per heavy atom. The molecule has 0 aliphatic carbocycles. The van der Waals surface area contributed by atoms with Crippen molar-refractivity contribution in [3.05, 3.63) is 80.2 Å². The standard InChI is InChI=1S/C27H27N3O2S2/c1-28-15-18(14-19-8-6-12-33-19)24(31)26(17-28)21(23-11-7-13-34-23)16-29(2)27(26)20-9-4-5-10-22(20)30(3)25(27)32/h4-14,21H,15-17H2,1-3H3/b18-14+/t21-,26+,27+/m0/s1. The first-order valence-electron chi connectivity index (χ1n) is 11.5. The summed E-state index contributed by atoms with van der Waals surface area (Å²) in [4.78, 5) is 37.6. The molecule has 34 heavy (non-hydrogen) atoms. The molecular weight excluding hydrogens is 462 g/mol. The Kier molecular flexibility index (Phi) is 4.97. The van der Waals surface area contributed by atoms with Gasteiger partial charge in [-0.1, -0.05) is 30.3 Å². The van der Waals surface area contributed by atoms with E-state index in [1.54, 1.807) is 27.6 Å². The highest BCUT2D eigenvalue weighted by atomic mass is 32.1. The van der Waals surface area contributed by atoms with Gasteiger partial charge in [-0.15, -0.1) is 22.7 Å². The highest BCUT2D eigenvalue weighted by Gasteiger charge is 2.75. The third-order valence-corrected chi connectivity index (χ3v) is 9.75. The van der Waals surface area contributed by atoms with Crippen LogP contribution in [0.5, 0.6) is 0 Å². The van der Waals surface area contributed by atoms with E-state index in [1.165, 1.54) is 4.88 Å². The van der Waals surface area contributed by atoms with Gasteiger partial charge in [0.25, 0.3) is 5.91 Å². The number of rotatable bonds is 2. The fraction of sp³-hybridized carbons (Fsp3) is 0.333. The molecular formula is C27H27N3O2S2. The third kappa shape index (κ3) is 2.67. The highest BCUT2D eigenvalue weighted by Crippen LogP contribution is 2.65. The van der Waals surface area contributed by atoms with Crippen molar-refractivity contribution < 1.29 is 9.59 Å². The van der Waals surface area contributed by atoms with Gasteiger partial charge in [0.15, 0.2) is 5.78 Å². The van der Waals surface area contributed by atoms with Crippen LogP contribution in [0, 0.1) is 5.41 Å². The van der Waals surface area contributed by atoms with E-state index < -0.39 is 11.0 Å². The Morgan fingerprint density at radius 3 is 2.47 bits per heavy atom. The van der Waals surface area contributed by atoms with Crippen LogP contribution in [0.3, 0.4) is 0 Å². The van der Waals surface area contributed by atoms with E-state index in [9.17, 15) is 9.59 Å². The van der Waals surface area contributed by atoms with Gasteiger partial charge in [-0.3, -0.25) is 14.5 Å². The summed E-state index contributed by atoms with van der Waals surface area (Å²) in [6, 6.07) is 16.2. The van der Waals surface area contributed by atoms with Crippen molar-refractivity contribution in [2.45, 2.75) is 11.5 Å². The van der Waals surface area contributed by atoms with Crippen LogP contribution in [-0.2, 0) is 15.1 Å². The molecule has 0 unspecified atom stereocenters. The smallest absolute Gasteiger partial charge is 0.253 e. The van der Waals surface area contributed by atoms with Gasteiger partial charge in [-0.05, 0) is 49.1 Å². The van der Waals surface area contributed by atoms with Gasteiger partial charge in [-0.2, -0.15) is 0 Å². The monoisotopic (exact) mass is 489 g/mol. The maximum atomic E-state index is 14.8. The first-order valence-corrected chi connectivity index (χ1v) is 13.3. The zero-order chi connectivity index (χ0) is 23.7. The van der Waals surface area contributed by atoms with Gasteiger partial charge in [0.2, 0.25) is 0 Å². The van der Waals surface area contributed by atoms with Crippen LogP contribution in [0.1, 0.15) is 21.2 Å². The number of piperidine rings is 1. The fourth-order valence-corrected chi connectivity index (χ4v) is 8.32. The van der Waals surface area contributed by atoms with E-state index in [-0.39, 0.29) is 17.6 Å². The number of Topliss-reactive ketones (excluding diaryl/α,β-unsaturated/α-hetero) is 1. The number of anilines is 1. The number of para-hydroxylation sites is 1. The van der Waals surface area contributed by atoms with Crippen LogP contribution in [0.25, 0.3) is 6.08 Å². The molecule has 0 radical (unpaired) electrons. The van der Waals surface area contributed by atoms with Crippen LogP contribution in [-0.4, -0.2) is 62.3 Å². The zero-order valence-corrected chi connectivity index (χ0v) is 21.2. The molecule has 7 heteroatoms. The minimum absolute atomic E-state index is 0.00520. The molecule has 5 nitrogen and oxygen atoms in total. The predicted molar refractivity (Wildman–Crippen MR) is 138 cm³/mol. The molecule has 3 aliphatic rings. The Bertz CT molecular complexity index is 1300. The lowest BCUT2D eigenvalue weighted by Crippen LogP contribution is -2.65. The van der Waals surface area contributed by atoms with Crippen LogP contribution < -0.4 is 4.90 Å². The minimum atomic E-state index is -1.05. The molecule has 174 valence electrons. The first-order chi connectivity index (χ1) is 16.4. The van der Waals surface area contributed by atoms with Gasteiger partial charge in [0.1, 0.15) is 5.54 Å². The maximum Gasteiger partial charge on any atom is 0.253 e. The summed E-state index contributed by atoms with van der Waals surface area (Å²) in [7, 11) is 5.94. The molecule has 2 fully saturated rings. The molecule has 0 saturated carbocycles. The van der Waals surface area contributed by atoms with Crippen LogP contribution in [0.4, 0.5) is 5.69 Å². The molecule has 1 aromatic carbocycles. The molecule has 2 saturated heterocycles. The number of carbonyl (C=O) groups is 2. The largest absolute Gasteiger partial charge is 0.313 e. The average molecular weight is 490 g/mol. The van der Waals surface area contributed by atoms with E-state index in [0.29, 0.717) is 19.6 Å². The number of likely N-dealkylation sites (N-methyl/N-ethyl adjacent to an activating group) is 3. The van der Waals surface area contributed by atoms with E-state index in [4.69, 9.17) is 0 Å². The highest BCUT2D eigenvalue weighted by molar-refractivity contribution is 7.11. The van der Waals surface area contributed by atoms with Crippen molar-refractivity contribution in [2.24, 2.45) is 5.41 Å². The summed E-state index contributed by atoms with van der Waals surface area (Å²) in [6.45, 7) is 1.77. The predicted octanol–water partition coefficient (Wildman–Crippen LogP) is 4.30. The maximum absolute atomic E-state index is 14.8. The number of carbonyl (C=O) groups excluding carboxylic acids is 2. The summed E-state index contributed by atoms with van der Waals surface area (Å²) in [5.74, 6) is 0.0255. The second-order valence-corrected chi connectivity index (χ2v) is 11.7. The number of hydrogen-bond acceptors (Lipinski definition) is 6. The molecule has 2 aromatic heterocycles. The molecule has 5 heterocycles. The Labute approximate surface area is 207 Å². The molecule has 3 aromatic rings. The van der Waals surface area contributed by atoms with E-state index >= 15 is 0 Å². The minimum Gasteiger partial charge on any atom is -0.313 e. The number of likely N-dealkylation sites (tertiary alicyclic amines) is 2. The fourth-order valence-electron chi connectivity index (χ4n) is 6.73. The van der Waals surface area contributed by atoms with Gasteiger partial charge >= 0.3 is 0 Å². The van der Waals surface area contributed by atoms with Crippen molar-refractivity contribution in [3.8, 4) is 0 Å². The summed E-state index contributed by atoms with van der Waals surface area (Å²) >= 11 is 3.32. The number of amides is 1. The van der Waals surface area contributed by atoms with Gasteiger partial charge < -0.3 is 9.80 Å². The third-order valence-electron chi connectivity index (χ3n) is 7.94. The summed E-state index contributed by atoms with van der Waals surface area (Å²) < 4.78 is 0. The Balaban J connectivity index is 1.66.